The van der Waals surface area contributed by atoms with Crippen LogP contribution in [-0.2, 0) is 0 Å². The molecule has 0 bridgehead atoms. The summed E-state index contributed by atoms with van der Waals surface area (Å²) in [4.78, 5) is 0. The summed E-state index contributed by atoms with van der Waals surface area (Å²) < 4.78 is 8.65. The Morgan fingerprint density at radius 1 is 1.06 bits per heavy atom. The van der Waals surface area contributed by atoms with Gasteiger partial charge in [-0.2, -0.15) is 0 Å². The summed E-state index contributed by atoms with van der Waals surface area (Å²) in [7, 11) is 3.07. The first kappa shape index (κ1) is 14.0. The first-order valence-corrected chi connectivity index (χ1v) is 5.90. The van der Waals surface area contributed by atoms with Crippen LogP contribution in [0.15, 0.2) is 18.2 Å². The highest BCUT2D eigenvalue weighted by Crippen LogP contribution is 2.45. The smallest absolute Gasteiger partial charge is 0.210 e. The highest BCUT2D eigenvalue weighted by atomic mass is 35.6. The van der Waals surface area contributed by atoms with Gasteiger partial charge in [-0.05, 0) is 17.7 Å². The van der Waals surface area contributed by atoms with E-state index in [1.54, 1.807) is 25.3 Å². The van der Waals surface area contributed by atoms with E-state index in [4.69, 9.17) is 55.9 Å². The van der Waals surface area contributed by atoms with Crippen LogP contribution in [0.2, 0.25) is 0 Å². The predicted octanol–water partition coefficient (Wildman–Crippen LogP) is 4.35. The number of methoxy groups -OCH3 is 2. The van der Waals surface area contributed by atoms with E-state index in [0.717, 1.165) is 0 Å². The lowest BCUT2D eigenvalue weighted by atomic mass is 10.1. The molecule has 0 spiro atoms. The second-order valence-corrected chi connectivity index (χ2v) is 5.82. The number of hydrogen-bond acceptors (Lipinski definition) is 2. The normalized spacial score (nSPS) is 13.4. The monoisotopic (exact) mass is 302 g/mol. The summed E-state index contributed by atoms with van der Waals surface area (Å²) in [5.41, 5.74) is 0.652. The Labute approximate surface area is 114 Å². The fraction of sp³-hybridized carbons (Fsp3) is 0.400. The Morgan fingerprint density at radius 3 is 2.06 bits per heavy atom. The van der Waals surface area contributed by atoms with Crippen molar-refractivity contribution in [1.82, 2.24) is 0 Å². The molecule has 6 heteroatoms. The summed E-state index contributed by atoms with van der Waals surface area (Å²) in [5, 5.41) is -0.752. The Balaban J connectivity index is 3.08. The second kappa shape index (κ2) is 5.54. The third-order valence-corrected chi connectivity index (χ3v) is 3.56. The Bertz CT molecular complexity index is 362. The van der Waals surface area contributed by atoms with Gasteiger partial charge in [-0.3, -0.25) is 0 Å². The highest BCUT2D eigenvalue weighted by Gasteiger charge is 2.32. The van der Waals surface area contributed by atoms with Crippen molar-refractivity contribution in [1.29, 1.82) is 0 Å². The molecule has 1 rings (SSSR count). The molecule has 0 saturated carbocycles. The SMILES string of the molecule is COc1ccc([C@H](Cl)C(Cl)(Cl)Cl)cc1OC. The van der Waals surface area contributed by atoms with Gasteiger partial charge in [-0.25, -0.2) is 0 Å². The van der Waals surface area contributed by atoms with Crippen LogP contribution in [0.4, 0.5) is 0 Å². The van der Waals surface area contributed by atoms with Gasteiger partial charge in [0.1, 0.15) is 5.38 Å². The van der Waals surface area contributed by atoms with Crippen molar-refractivity contribution in [2.24, 2.45) is 0 Å². The van der Waals surface area contributed by atoms with Crippen molar-refractivity contribution in [2.75, 3.05) is 14.2 Å². The zero-order valence-corrected chi connectivity index (χ0v) is 11.7. The molecule has 1 aromatic rings. The summed E-state index contributed by atoms with van der Waals surface area (Å²) >= 11 is 23.2. The van der Waals surface area contributed by atoms with E-state index in [1.807, 2.05) is 0 Å². The fourth-order valence-corrected chi connectivity index (χ4v) is 1.71. The summed E-state index contributed by atoms with van der Waals surface area (Å²) in [6, 6.07) is 5.11. The van der Waals surface area contributed by atoms with E-state index in [1.165, 1.54) is 7.11 Å². The van der Waals surface area contributed by atoms with E-state index >= 15 is 0 Å². The molecule has 0 aliphatic rings. The Kier molecular flexibility index (Phi) is 4.87. The zero-order valence-electron chi connectivity index (χ0n) is 8.64. The van der Waals surface area contributed by atoms with Gasteiger partial charge in [0.15, 0.2) is 11.5 Å². The molecule has 0 heterocycles. The van der Waals surface area contributed by atoms with Gasteiger partial charge in [-0.1, -0.05) is 40.9 Å². The molecular weight excluding hydrogens is 294 g/mol. The molecule has 1 atom stereocenters. The molecule has 0 unspecified atom stereocenters. The van der Waals surface area contributed by atoms with Crippen molar-refractivity contribution in [3.8, 4) is 11.5 Å². The summed E-state index contributed by atoms with van der Waals surface area (Å²) in [6.45, 7) is 0. The van der Waals surface area contributed by atoms with Gasteiger partial charge < -0.3 is 9.47 Å². The third kappa shape index (κ3) is 3.24. The molecule has 0 aliphatic carbocycles. The lowest BCUT2D eigenvalue weighted by Crippen LogP contribution is -2.11. The molecule has 0 fully saturated rings. The first-order valence-electron chi connectivity index (χ1n) is 4.33. The first-order chi connectivity index (χ1) is 7.40. The molecule has 0 amide bonds. The van der Waals surface area contributed by atoms with Crippen molar-refractivity contribution in [3.63, 3.8) is 0 Å². The molecular formula is C10H10Cl4O2. The van der Waals surface area contributed by atoms with Crippen LogP contribution in [0.1, 0.15) is 10.9 Å². The van der Waals surface area contributed by atoms with Crippen LogP contribution in [0, 0.1) is 0 Å². The summed E-state index contributed by atoms with van der Waals surface area (Å²) in [6.07, 6.45) is 0. The van der Waals surface area contributed by atoms with E-state index in [9.17, 15) is 0 Å². The van der Waals surface area contributed by atoms with Gasteiger partial charge >= 0.3 is 0 Å². The minimum absolute atomic E-state index is 0.542. The maximum atomic E-state index is 6.01. The second-order valence-electron chi connectivity index (χ2n) is 3.02. The standard InChI is InChI=1S/C10H10Cl4O2/c1-15-7-4-3-6(5-8(7)16-2)9(11)10(12,13)14/h3-5,9H,1-2H3/t9-/m0/s1. The van der Waals surface area contributed by atoms with Crippen molar-refractivity contribution in [3.05, 3.63) is 23.8 Å². The Morgan fingerprint density at radius 2 is 1.62 bits per heavy atom. The fourth-order valence-electron chi connectivity index (χ4n) is 1.20. The highest BCUT2D eigenvalue weighted by molar-refractivity contribution is 6.70. The minimum atomic E-state index is -1.57. The number of alkyl halides is 4. The average Bonchev–Trinajstić information content (AvgIpc) is 2.25. The van der Waals surface area contributed by atoms with Crippen LogP contribution in [-0.4, -0.2) is 18.0 Å². The number of rotatable bonds is 3. The molecule has 16 heavy (non-hydrogen) atoms. The molecule has 1 aromatic carbocycles. The predicted molar refractivity (Wildman–Crippen MR) is 68.4 cm³/mol. The van der Waals surface area contributed by atoms with Crippen LogP contribution in [0.3, 0.4) is 0 Å². The van der Waals surface area contributed by atoms with Crippen LogP contribution in [0.25, 0.3) is 0 Å². The molecule has 0 aliphatic heterocycles. The van der Waals surface area contributed by atoms with Gasteiger partial charge in [0.05, 0.1) is 14.2 Å². The van der Waals surface area contributed by atoms with Crippen LogP contribution >= 0.6 is 46.4 Å². The van der Waals surface area contributed by atoms with Gasteiger partial charge in [0, 0.05) is 0 Å². The van der Waals surface area contributed by atoms with Gasteiger partial charge in [0.2, 0.25) is 3.79 Å². The number of ether oxygens (including phenoxy) is 2. The number of halogens is 4. The molecule has 90 valence electrons. The molecule has 0 aromatic heterocycles. The molecule has 0 radical (unpaired) electrons. The maximum Gasteiger partial charge on any atom is 0.210 e. The van der Waals surface area contributed by atoms with Crippen LogP contribution < -0.4 is 9.47 Å². The molecule has 2 nitrogen and oxygen atoms in total. The van der Waals surface area contributed by atoms with E-state index in [-0.39, 0.29) is 0 Å². The molecule has 0 N–H and O–H groups in total. The average molecular weight is 304 g/mol. The van der Waals surface area contributed by atoms with Crippen molar-refractivity contribution >= 4 is 46.4 Å². The lowest BCUT2D eigenvalue weighted by Gasteiger charge is -2.19. The van der Waals surface area contributed by atoms with Crippen LogP contribution in [0.5, 0.6) is 11.5 Å². The van der Waals surface area contributed by atoms with E-state index in [2.05, 4.69) is 0 Å². The number of benzene rings is 1. The number of hydrogen-bond donors (Lipinski definition) is 0. The van der Waals surface area contributed by atoms with E-state index in [0.29, 0.717) is 17.1 Å². The molecule has 0 saturated heterocycles. The summed E-state index contributed by atoms with van der Waals surface area (Å²) in [5.74, 6) is 1.14. The van der Waals surface area contributed by atoms with Gasteiger partial charge in [-0.15, -0.1) is 11.6 Å². The van der Waals surface area contributed by atoms with Crippen molar-refractivity contribution < 1.29 is 9.47 Å². The maximum absolute atomic E-state index is 6.01. The van der Waals surface area contributed by atoms with Crippen molar-refractivity contribution in [2.45, 2.75) is 9.17 Å². The lowest BCUT2D eigenvalue weighted by molar-refractivity contribution is 0.354. The van der Waals surface area contributed by atoms with Gasteiger partial charge in [0.25, 0.3) is 0 Å². The largest absolute Gasteiger partial charge is 0.493 e. The Hall–Kier alpha value is -0.0200. The quantitative estimate of drug-likeness (QED) is 0.773. The minimum Gasteiger partial charge on any atom is -0.493 e. The zero-order chi connectivity index (χ0) is 12.3. The third-order valence-electron chi connectivity index (χ3n) is 1.99. The topological polar surface area (TPSA) is 18.5 Å². The van der Waals surface area contributed by atoms with E-state index < -0.39 is 9.17 Å².